The summed E-state index contributed by atoms with van der Waals surface area (Å²) < 4.78 is 5.20. The van der Waals surface area contributed by atoms with E-state index in [2.05, 4.69) is 72.6 Å². The molecular weight excluding hydrogens is 350 g/mol. The fraction of sp³-hybridized carbons (Fsp3) is 0.304. The molecule has 4 rings (SSSR count). The van der Waals surface area contributed by atoms with Crippen LogP contribution >= 0.6 is 0 Å². The molecule has 1 amide bonds. The van der Waals surface area contributed by atoms with Crippen molar-refractivity contribution in [2.24, 2.45) is 0 Å². The van der Waals surface area contributed by atoms with Gasteiger partial charge in [0.15, 0.2) is 0 Å². The number of H-pyrrole nitrogens is 1. The number of nitrogens with one attached hydrogen (secondary N) is 1. The number of aryl methyl sites for hydroxylation is 2. The Morgan fingerprint density at radius 2 is 1.68 bits per heavy atom. The zero-order valence-electron chi connectivity index (χ0n) is 16.5. The van der Waals surface area contributed by atoms with Crippen molar-refractivity contribution >= 4 is 5.91 Å². The zero-order valence-corrected chi connectivity index (χ0v) is 16.5. The fourth-order valence-corrected chi connectivity index (χ4v) is 3.83. The third kappa shape index (κ3) is 3.22. The summed E-state index contributed by atoms with van der Waals surface area (Å²) in [5, 5.41) is 7.52. The van der Waals surface area contributed by atoms with Gasteiger partial charge in [0.05, 0.1) is 11.7 Å². The number of aromatic amines is 1. The van der Waals surface area contributed by atoms with Gasteiger partial charge >= 0.3 is 0 Å². The van der Waals surface area contributed by atoms with Crippen molar-refractivity contribution in [3.05, 3.63) is 76.5 Å². The third-order valence-corrected chi connectivity index (χ3v) is 5.33. The Balaban J connectivity index is 1.80. The molecule has 0 saturated carbocycles. The first-order valence-electron chi connectivity index (χ1n) is 9.62. The van der Waals surface area contributed by atoms with Crippen LogP contribution in [0, 0.1) is 13.8 Å². The monoisotopic (exact) mass is 375 g/mol. The molecule has 2 heterocycles. The van der Waals surface area contributed by atoms with Crippen LogP contribution in [0.25, 0.3) is 11.3 Å². The number of hydrogen-bond acceptors (Lipinski definition) is 3. The van der Waals surface area contributed by atoms with E-state index in [4.69, 9.17) is 4.74 Å². The number of fused-ring (bicyclic) bond motifs is 1. The number of rotatable bonds is 6. The molecule has 1 aliphatic rings. The molecule has 5 heteroatoms. The molecule has 1 unspecified atom stereocenters. The number of hydrogen-bond donors (Lipinski definition) is 1. The van der Waals surface area contributed by atoms with Crippen molar-refractivity contribution in [3.63, 3.8) is 0 Å². The molecule has 1 N–H and O–H groups in total. The summed E-state index contributed by atoms with van der Waals surface area (Å²) in [6.07, 6.45) is 0.794. The van der Waals surface area contributed by atoms with Gasteiger partial charge in [0.1, 0.15) is 5.69 Å². The SMILES string of the molecule is COCCCN1C(=O)c2[nH]nc(-c3ccc(C)cc3)c2C1c1ccc(C)cc1. The van der Waals surface area contributed by atoms with Gasteiger partial charge in [-0.05, 0) is 25.8 Å². The molecule has 0 saturated heterocycles. The first-order valence-corrected chi connectivity index (χ1v) is 9.62. The van der Waals surface area contributed by atoms with E-state index in [-0.39, 0.29) is 11.9 Å². The van der Waals surface area contributed by atoms with Gasteiger partial charge in [-0.1, -0.05) is 59.7 Å². The second kappa shape index (κ2) is 7.60. The number of aromatic nitrogens is 2. The summed E-state index contributed by atoms with van der Waals surface area (Å²) in [6.45, 7) is 5.40. The molecule has 2 aromatic carbocycles. The summed E-state index contributed by atoms with van der Waals surface area (Å²) >= 11 is 0. The van der Waals surface area contributed by atoms with Gasteiger partial charge in [0.25, 0.3) is 5.91 Å². The first kappa shape index (κ1) is 18.4. The molecule has 28 heavy (non-hydrogen) atoms. The van der Waals surface area contributed by atoms with Crippen LogP contribution in [0.2, 0.25) is 0 Å². The van der Waals surface area contributed by atoms with Gasteiger partial charge in [-0.3, -0.25) is 9.89 Å². The summed E-state index contributed by atoms with van der Waals surface area (Å²) in [4.78, 5) is 15.1. The average molecular weight is 375 g/mol. The average Bonchev–Trinajstić information content (AvgIpc) is 3.23. The van der Waals surface area contributed by atoms with E-state index in [9.17, 15) is 4.79 Å². The number of amides is 1. The van der Waals surface area contributed by atoms with Gasteiger partial charge in [-0.2, -0.15) is 5.10 Å². The molecule has 0 aliphatic carbocycles. The van der Waals surface area contributed by atoms with Crippen molar-refractivity contribution in [2.45, 2.75) is 26.3 Å². The Kier molecular flexibility index (Phi) is 5.01. The highest BCUT2D eigenvalue weighted by molar-refractivity contribution is 6.00. The number of benzene rings is 2. The van der Waals surface area contributed by atoms with E-state index < -0.39 is 0 Å². The molecule has 0 bridgehead atoms. The highest BCUT2D eigenvalue weighted by Crippen LogP contribution is 2.42. The van der Waals surface area contributed by atoms with Crippen molar-refractivity contribution < 1.29 is 9.53 Å². The molecule has 1 atom stereocenters. The predicted octanol–water partition coefficient (Wildman–Crippen LogP) is 4.28. The Morgan fingerprint density at radius 1 is 1.04 bits per heavy atom. The van der Waals surface area contributed by atoms with E-state index >= 15 is 0 Å². The van der Waals surface area contributed by atoms with Crippen LogP contribution in [0.15, 0.2) is 48.5 Å². The van der Waals surface area contributed by atoms with Gasteiger partial charge in [-0.15, -0.1) is 0 Å². The van der Waals surface area contributed by atoms with Crippen LogP contribution in [0.5, 0.6) is 0 Å². The zero-order chi connectivity index (χ0) is 19.7. The van der Waals surface area contributed by atoms with Crippen molar-refractivity contribution in [1.82, 2.24) is 15.1 Å². The van der Waals surface area contributed by atoms with Crippen LogP contribution in [0.1, 0.15) is 45.2 Å². The largest absolute Gasteiger partial charge is 0.385 e. The van der Waals surface area contributed by atoms with Gasteiger partial charge in [0.2, 0.25) is 0 Å². The molecule has 0 fully saturated rings. The van der Waals surface area contributed by atoms with E-state index in [1.165, 1.54) is 11.1 Å². The molecule has 0 spiro atoms. The van der Waals surface area contributed by atoms with Crippen molar-refractivity contribution in [3.8, 4) is 11.3 Å². The van der Waals surface area contributed by atoms with Crippen LogP contribution in [-0.2, 0) is 4.74 Å². The van der Waals surface area contributed by atoms with Crippen LogP contribution < -0.4 is 0 Å². The number of nitrogens with zero attached hydrogens (tertiary/aromatic N) is 2. The highest BCUT2D eigenvalue weighted by atomic mass is 16.5. The predicted molar refractivity (Wildman–Crippen MR) is 109 cm³/mol. The lowest BCUT2D eigenvalue weighted by atomic mass is 9.95. The van der Waals surface area contributed by atoms with E-state index in [1.807, 2.05) is 4.90 Å². The van der Waals surface area contributed by atoms with E-state index in [1.54, 1.807) is 7.11 Å². The molecule has 1 aromatic heterocycles. The molecule has 3 aromatic rings. The molecule has 0 radical (unpaired) electrons. The topological polar surface area (TPSA) is 58.2 Å². The number of methoxy groups -OCH3 is 1. The smallest absolute Gasteiger partial charge is 0.273 e. The second-order valence-corrected chi connectivity index (χ2v) is 7.39. The normalized spacial score (nSPS) is 15.9. The van der Waals surface area contributed by atoms with Crippen LogP contribution in [0.3, 0.4) is 0 Å². The third-order valence-electron chi connectivity index (χ3n) is 5.33. The summed E-state index contributed by atoms with van der Waals surface area (Å²) in [6, 6.07) is 16.5. The van der Waals surface area contributed by atoms with Crippen molar-refractivity contribution in [2.75, 3.05) is 20.3 Å². The Hall–Kier alpha value is -2.92. The lowest BCUT2D eigenvalue weighted by Crippen LogP contribution is -2.31. The summed E-state index contributed by atoms with van der Waals surface area (Å²) in [7, 11) is 1.69. The Labute approximate surface area is 165 Å². The maximum absolute atomic E-state index is 13.2. The summed E-state index contributed by atoms with van der Waals surface area (Å²) in [5.41, 5.74) is 6.93. The lowest BCUT2D eigenvalue weighted by molar-refractivity contribution is 0.0723. The lowest BCUT2D eigenvalue weighted by Gasteiger charge is -2.26. The van der Waals surface area contributed by atoms with Gasteiger partial charge < -0.3 is 9.64 Å². The molecule has 144 valence electrons. The minimum Gasteiger partial charge on any atom is -0.385 e. The molecule has 1 aliphatic heterocycles. The van der Waals surface area contributed by atoms with Gasteiger partial charge in [0, 0.05) is 31.4 Å². The Morgan fingerprint density at radius 3 is 2.32 bits per heavy atom. The van der Waals surface area contributed by atoms with Gasteiger partial charge in [-0.25, -0.2) is 0 Å². The maximum atomic E-state index is 13.2. The van der Waals surface area contributed by atoms with Crippen molar-refractivity contribution in [1.29, 1.82) is 0 Å². The van der Waals surface area contributed by atoms with Crippen LogP contribution in [-0.4, -0.2) is 41.3 Å². The second-order valence-electron chi connectivity index (χ2n) is 7.39. The molecule has 5 nitrogen and oxygen atoms in total. The minimum atomic E-state index is -0.144. The first-order chi connectivity index (χ1) is 13.6. The molecular formula is C23H25N3O2. The quantitative estimate of drug-likeness (QED) is 0.655. The van der Waals surface area contributed by atoms with E-state index in [0.717, 1.165) is 28.8 Å². The number of carbonyl (C=O) groups excluding carboxylic acids is 1. The minimum absolute atomic E-state index is 0.00235. The highest BCUT2D eigenvalue weighted by Gasteiger charge is 2.41. The standard InChI is InChI=1S/C23H25N3O2/c1-15-5-9-17(10-6-15)20-19-21(25-24-20)23(27)26(13-4-14-28-3)22(19)18-11-7-16(2)8-12-18/h5-12,22H,4,13-14H2,1-3H3,(H,24,25). The maximum Gasteiger partial charge on any atom is 0.273 e. The fourth-order valence-electron chi connectivity index (χ4n) is 3.83. The van der Waals surface area contributed by atoms with Crippen LogP contribution in [0.4, 0.5) is 0 Å². The number of ether oxygens (including phenoxy) is 1. The number of carbonyl (C=O) groups is 1. The van der Waals surface area contributed by atoms with E-state index in [0.29, 0.717) is 18.8 Å². The Bertz CT molecular complexity index is 974. The summed E-state index contributed by atoms with van der Waals surface area (Å²) in [5.74, 6) is 0.00235.